The first kappa shape index (κ1) is 24.1. The number of hydrogen-bond acceptors (Lipinski definition) is 6. The topological polar surface area (TPSA) is 99.6 Å². The molecule has 4 rings (SSSR count). The lowest BCUT2D eigenvalue weighted by molar-refractivity contribution is -0.385. The van der Waals surface area contributed by atoms with E-state index < -0.39 is 22.2 Å². The molecule has 12 heteroatoms. The molecule has 0 amide bonds. The van der Waals surface area contributed by atoms with E-state index in [0.717, 1.165) is 23.0 Å². The van der Waals surface area contributed by atoms with Crippen LogP contribution in [0, 0.1) is 10.1 Å². The minimum atomic E-state index is -4.61. The molecule has 0 atom stereocenters. The van der Waals surface area contributed by atoms with Gasteiger partial charge in [-0.05, 0) is 30.3 Å². The molecule has 0 aliphatic heterocycles. The van der Waals surface area contributed by atoms with Crippen molar-refractivity contribution in [2.75, 3.05) is 7.11 Å². The predicted octanol–water partition coefficient (Wildman–Crippen LogP) is 5.64. The number of nitrogens with zero attached hydrogens (tertiary/aromatic N) is 4. The normalized spacial score (nSPS) is 11.8. The molecule has 0 aliphatic carbocycles. The van der Waals surface area contributed by atoms with Gasteiger partial charge in [0.1, 0.15) is 0 Å². The summed E-state index contributed by atoms with van der Waals surface area (Å²) in [5.41, 5.74) is -1.46. The molecular weight excluding hydrogens is 533 g/mol. The van der Waals surface area contributed by atoms with E-state index >= 15 is 0 Å². The van der Waals surface area contributed by atoms with E-state index in [2.05, 4.69) is 26.0 Å². The maximum Gasteiger partial charge on any atom is 0.416 e. The molecule has 0 spiro atoms. The Hall–Kier alpha value is -4.06. The van der Waals surface area contributed by atoms with Gasteiger partial charge in [0.25, 0.3) is 5.56 Å². The third-order valence-corrected chi connectivity index (χ3v) is 5.44. The maximum atomic E-state index is 13.3. The van der Waals surface area contributed by atoms with Gasteiger partial charge >= 0.3 is 11.9 Å². The summed E-state index contributed by atoms with van der Waals surface area (Å²) in [6.07, 6.45) is -3.46. The molecule has 1 heterocycles. The Morgan fingerprint density at radius 3 is 2.57 bits per heavy atom. The Kier molecular flexibility index (Phi) is 6.39. The van der Waals surface area contributed by atoms with Crippen LogP contribution in [-0.2, 0) is 6.18 Å². The largest absolute Gasteiger partial charge is 0.490 e. The standard InChI is InChI=1S/C23H14BrF3N4O4/c1-35-20-14(10-16(24)11-19(20)31(33)34)12-28-30-21(13-5-4-6-15(9-13)23(25,26)27)29-18-8-3-2-7-17(18)22(30)32/h2-12H,1H3. The summed E-state index contributed by atoms with van der Waals surface area (Å²) in [6.45, 7) is 0. The van der Waals surface area contributed by atoms with Crippen molar-refractivity contribution in [2.45, 2.75) is 6.18 Å². The van der Waals surface area contributed by atoms with Crippen molar-refractivity contribution in [3.63, 3.8) is 0 Å². The van der Waals surface area contributed by atoms with Crippen LogP contribution in [0.4, 0.5) is 18.9 Å². The molecule has 0 aliphatic rings. The summed E-state index contributed by atoms with van der Waals surface area (Å²) in [5, 5.41) is 15.8. The number of fused-ring (bicyclic) bond motifs is 1. The first-order valence-electron chi connectivity index (χ1n) is 9.86. The van der Waals surface area contributed by atoms with Crippen molar-refractivity contribution >= 4 is 38.7 Å². The molecular formula is C23H14BrF3N4O4. The first-order chi connectivity index (χ1) is 16.6. The van der Waals surface area contributed by atoms with E-state index in [9.17, 15) is 28.1 Å². The zero-order valence-electron chi connectivity index (χ0n) is 17.8. The highest BCUT2D eigenvalue weighted by molar-refractivity contribution is 9.10. The molecule has 0 N–H and O–H groups in total. The van der Waals surface area contributed by atoms with Gasteiger partial charge in [0.2, 0.25) is 5.75 Å². The highest BCUT2D eigenvalue weighted by Gasteiger charge is 2.31. The van der Waals surface area contributed by atoms with Crippen LogP contribution in [0.5, 0.6) is 5.75 Å². The third kappa shape index (κ3) is 4.78. The monoisotopic (exact) mass is 546 g/mol. The molecule has 0 saturated carbocycles. The Labute approximate surface area is 203 Å². The third-order valence-electron chi connectivity index (χ3n) is 4.98. The molecule has 0 bridgehead atoms. The van der Waals surface area contributed by atoms with Crippen molar-refractivity contribution in [3.8, 4) is 17.1 Å². The molecule has 0 radical (unpaired) electrons. The quantitative estimate of drug-likeness (QED) is 0.183. The second-order valence-electron chi connectivity index (χ2n) is 7.20. The van der Waals surface area contributed by atoms with Gasteiger partial charge in [-0.15, -0.1) is 0 Å². The Morgan fingerprint density at radius 1 is 1.14 bits per heavy atom. The summed E-state index contributed by atoms with van der Waals surface area (Å²) < 4.78 is 46.3. The summed E-state index contributed by atoms with van der Waals surface area (Å²) in [7, 11) is 1.24. The molecule has 0 fully saturated rings. The zero-order chi connectivity index (χ0) is 25.3. The van der Waals surface area contributed by atoms with Crippen LogP contribution in [0.2, 0.25) is 0 Å². The number of methoxy groups -OCH3 is 1. The van der Waals surface area contributed by atoms with E-state index in [1.54, 1.807) is 18.2 Å². The van der Waals surface area contributed by atoms with Crippen molar-refractivity contribution in [2.24, 2.45) is 5.10 Å². The van der Waals surface area contributed by atoms with Gasteiger partial charge in [-0.2, -0.15) is 22.9 Å². The van der Waals surface area contributed by atoms with E-state index in [0.29, 0.717) is 4.47 Å². The lowest BCUT2D eigenvalue weighted by Crippen LogP contribution is -2.20. The van der Waals surface area contributed by atoms with Crippen molar-refractivity contribution in [3.05, 3.63) is 96.7 Å². The van der Waals surface area contributed by atoms with Gasteiger partial charge < -0.3 is 4.74 Å². The number of para-hydroxylation sites is 1. The van der Waals surface area contributed by atoms with Gasteiger partial charge in [0, 0.05) is 21.7 Å². The van der Waals surface area contributed by atoms with Gasteiger partial charge in [0.05, 0.1) is 34.7 Å². The predicted molar refractivity (Wildman–Crippen MR) is 127 cm³/mol. The summed E-state index contributed by atoms with van der Waals surface area (Å²) in [5.74, 6) is -0.246. The number of nitro groups is 1. The van der Waals surface area contributed by atoms with Gasteiger partial charge in [-0.3, -0.25) is 14.9 Å². The van der Waals surface area contributed by atoms with E-state index in [4.69, 9.17) is 4.74 Å². The fourth-order valence-electron chi connectivity index (χ4n) is 3.43. The van der Waals surface area contributed by atoms with Crippen LogP contribution < -0.4 is 10.3 Å². The van der Waals surface area contributed by atoms with Crippen LogP contribution in [0.3, 0.4) is 0 Å². The minimum absolute atomic E-state index is 0.00650. The molecule has 178 valence electrons. The fraction of sp³-hybridized carbons (Fsp3) is 0.0870. The number of nitro benzene ring substituents is 1. The zero-order valence-corrected chi connectivity index (χ0v) is 19.4. The van der Waals surface area contributed by atoms with E-state index in [-0.39, 0.29) is 39.3 Å². The number of aromatic nitrogens is 2. The number of alkyl halides is 3. The second kappa shape index (κ2) is 9.29. The Balaban J connectivity index is 1.97. The van der Waals surface area contributed by atoms with Gasteiger partial charge in [0.15, 0.2) is 5.82 Å². The average Bonchev–Trinajstić information content (AvgIpc) is 2.82. The number of ether oxygens (including phenoxy) is 1. The number of rotatable bonds is 5. The minimum Gasteiger partial charge on any atom is -0.490 e. The summed E-state index contributed by atoms with van der Waals surface area (Å²) in [6, 6.07) is 13.4. The second-order valence-corrected chi connectivity index (χ2v) is 8.11. The van der Waals surface area contributed by atoms with Crippen LogP contribution in [-0.4, -0.2) is 27.9 Å². The lowest BCUT2D eigenvalue weighted by atomic mass is 10.1. The highest BCUT2D eigenvalue weighted by atomic mass is 79.9. The Bertz CT molecular complexity index is 1550. The van der Waals surface area contributed by atoms with Gasteiger partial charge in [-0.1, -0.05) is 40.2 Å². The molecule has 0 saturated heterocycles. The average molecular weight is 547 g/mol. The van der Waals surface area contributed by atoms with Crippen LogP contribution in [0.1, 0.15) is 11.1 Å². The molecule has 3 aromatic carbocycles. The summed E-state index contributed by atoms with van der Waals surface area (Å²) >= 11 is 3.19. The summed E-state index contributed by atoms with van der Waals surface area (Å²) in [4.78, 5) is 28.4. The van der Waals surface area contributed by atoms with Crippen LogP contribution >= 0.6 is 15.9 Å². The molecule has 0 unspecified atom stereocenters. The number of halogens is 4. The maximum absolute atomic E-state index is 13.3. The smallest absolute Gasteiger partial charge is 0.416 e. The Morgan fingerprint density at radius 2 is 1.89 bits per heavy atom. The number of hydrogen-bond donors (Lipinski definition) is 0. The van der Waals surface area contributed by atoms with Crippen molar-refractivity contribution in [1.82, 2.24) is 9.66 Å². The van der Waals surface area contributed by atoms with Crippen molar-refractivity contribution < 1.29 is 22.8 Å². The van der Waals surface area contributed by atoms with Crippen molar-refractivity contribution in [1.29, 1.82) is 0 Å². The molecule has 4 aromatic rings. The van der Waals surface area contributed by atoms with E-state index in [1.807, 2.05) is 0 Å². The number of benzene rings is 3. The van der Waals surface area contributed by atoms with E-state index in [1.165, 1.54) is 37.4 Å². The fourth-order valence-corrected chi connectivity index (χ4v) is 3.89. The van der Waals surface area contributed by atoms with Gasteiger partial charge in [-0.25, -0.2) is 4.98 Å². The highest BCUT2D eigenvalue weighted by Crippen LogP contribution is 2.34. The molecule has 8 nitrogen and oxygen atoms in total. The molecule has 35 heavy (non-hydrogen) atoms. The first-order valence-corrected chi connectivity index (χ1v) is 10.6. The molecule has 1 aromatic heterocycles. The SMILES string of the molecule is COc1c(C=Nn2c(-c3cccc(C(F)(F)F)c3)nc3ccccc3c2=O)cc(Br)cc1[N+](=O)[O-]. The van der Waals surface area contributed by atoms with Crippen LogP contribution in [0.25, 0.3) is 22.3 Å². The lowest BCUT2D eigenvalue weighted by Gasteiger charge is -2.12. The van der Waals surface area contributed by atoms with Crippen LogP contribution in [0.15, 0.2) is 75.0 Å².